The topological polar surface area (TPSA) is 60.0 Å². The summed E-state index contributed by atoms with van der Waals surface area (Å²) in [5.41, 5.74) is 1.85. The fraction of sp³-hybridized carbons (Fsp3) is 0.636. The first-order chi connectivity index (χ1) is 13.0. The molecule has 150 valence electrons. The maximum absolute atomic E-state index is 10.1. The Labute approximate surface area is 162 Å². The van der Waals surface area contributed by atoms with Gasteiger partial charge in [-0.1, -0.05) is 32.1 Å². The summed E-state index contributed by atoms with van der Waals surface area (Å²) in [5, 5.41) is 13.3. The third-order valence-corrected chi connectivity index (χ3v) is 6.15. The number of ether oxygens (including phenoxy) is 3. The molecule has 2 N–H and O–H groups in total. The molecule has 0 spiro atoms. The quantitative estimate of drug-likeness (QED) is 0.460. The molecule has 1 fully saturated rings. The number of allylic oxidation sites excluding steroid dienone is 1. The van der Waals surface area contributed by atoms with Crippen molar-refractivity contribution >= 4 is 0 Å². The standard InChI is InChI=1S/C22H33NO4/c1-22(2)17-9-8-16(19(22)12-17)14-26-15-18(24)13-23-10-11-27-21-7-5-4-6-20(21)25-3/h4-8,17-19,23-24H,9-15H2,1-3H3/t17-,18-,19-/m1/s1. The molecule has 0 aromatic heterocycles. The zero-order valence-corrected chi connectivity index (χ0v) is 16.7. The van der Waals surface area contributed by atoms with E-state index in [-0.39, 0.29) is 0 Å². The normalized spacial score (nSPS) is 23.9. The van der Waals surface area contributed by atoms with Crippen molar-refractivity contribution in [2.24, 2.45) is 17.3 Å². The SMILES string of the molecule is COc1ccccc1OCCNC[C@@H](O)COCC1=CC[C@@H]2C[C@H]1C2(C)C. The lowest BCUT2D eigenvalue weighted by atomic mass is 9.49. The monoisotopic (exact) mass is 375 g/mol. The van der Waals surface area contributed by atoms with Crippen LogP contribution in [0.5, 0.6) is 11.5 Å². The lowest BCUT2D eigenvalue weighted by molar-refractivity contribution is -0.0235. The third-order valence-electron chi connectivity index (χ3n) is 6.15. The van der Waals surface area contributed by atoms with E-state index in [1.54, 1.807) is 7.11 Å². The number of para-hydroxylation sites is 2. The van der Waals surface area contributed by atoms with Gasteiger partial charge >= 0.3 is 0 Å². The predicted octanol–water partition coefficient (Wildman–Crippen LogP) is 3.03. The average molecular weight is 376 g/mol. The molecule has 3 atom stereocenters. The third kappa shape index (κ3) is 4.84. The molecule has 1 aromatic carbocycles. The van der Waals surface area contributed by atoms with Crippen LogP contribution in [0.25, 0.3) is 0 Å². The lowest BCUT2D eigenvalue weighted by Gasteiger charge is -2.56. The molecule has 1 aromatic rings. The van der Waals surface area contributed by atoms with Gasteiger partial charge in [0.15, 0.2) is 11.5 Å². The summed E-state index contributed by atoms with van der Waals surface area (Å²) in [7, 11) is 1.63. The zero-order chi connectivity index (χ0) is 19.3. The molecule has 0 unspecified atom stereocenters. The van der Waals surface area contributed by atoms with Crippen molar-refractivity contribution in [1.29, 1.82) is 0 Å². The Morgan fingerprint density at radius 3 is 2.74 bits per heavy atom. The van der Waals surface area contributed by atoms with Crippen molar-refractivity contribution in [2.75, 3.05) is 40.0 Å². The van der Waals surface area contributed by atoms with E-state index < -0.39 is 6.10 Å². The molecule has 0 heterocycles. The molecule has 0 aliphatic heterocycles. The molecule has 5 heteroatoms. The van der Waals surface area contributed by atoms with E-state index in [2.05, 4.69) is 25.2 Å². The molecular weight excluding hydrogens is 342 g/mol. The van der Waals surface area contributed by atoms with Gasteiger partial charge in [0.05, 0.1) is 26.4 Å². The van der Waals surface area contributed by atoms with Gasteiger partial charge in [0.1, 0.15) is 6.61 Å². The second-order valence-electron chi connectivity index (χ2n) is 8.19. The number of hydrogen-bond donors (Lipinski definition) is 2. The van der Waals surface area contributed by atoms with Crippen LogP contribution >= 0.6 is 0 Å². The van der Waals surface area contributed by atoms with Gasteiger partial charge in [0.25, 0.3) is 0 Å². The minimum Gasteiger partial charge on any atom is -0.493 e. The number of nitrogens with one attached hydrogen (secondary N) is 1. The van der Waals surface area contributed by atoms with Crippen LogP contribution in [0.3, 0.4) is 0 Å². The van der Waals surface area contributed by atoms with Crippen molar-refractivity contribution in [1.82, 2.24) is 5.32 Å². The van der Waals surface area contributed by atoms with E-state index in [9.17, 15) is 5.11 Å². The van der Waals surface area contributed by atoms with Crippen LogP contribution in [0.4, 0.5) is 0 Å². The molecule has 2 bridgehead atoms. The van der Waals surface area contributed by atoms with Crippen LogP contribution in [-0.4, -0.2) is 51.2 Å². The maximum atomic E-state index is 10.1. The smallest absolute Gasteiger partial charge is 0.161 e. The Hall–Kier alpha value is -1.56. The summed E-state index contributed by atoms with van der Waals surface area (Å²) < 4.78 is 16.7. The van der Waals surface area contributed by atoms with E-state index in [0.717, 1.165) is 17.4 Å². The van der Waals surface area contributed by atoms with Gasteiger partial charge < -0.3 is 24.6 Å². The second-order valence-corrected chi connectivity index (χ2v) is 8.19. The van der Waals surface area contributed by atoms with E-state index in [1.165, 1.54) is 18.4 Å². The summed E-state index contributed by atoms with van der Waals surface area (Å²) in [6, 6.07) is 7.58. The molecule has 27 heavy (non-hydrogen) atoms. The minimum absolute atomic E-state index is 0.355. The first-order valence-electron chi connectivity index (χ1n) is 9.93. The lowest BCUT2D eigenvalue weighted by Crippen LogP contribution is -2.48. The van der Waals surface area contributed by atoms with Crippen LogP contribution in [0.1, 0.15) is 26.7 Å². The largest absolute Gasteiger partial charge is 0.493 e. The van der Waals surface area contributed by atoms with Crippen molar-refractivity contribution in [3.63, 3.8) is 0 Å². The molecule has 0 saturated heterocycles. The number of benzene rings is 1. The Morgan fingerprint density at radius 2 is 2.04 bits per heavy atom. The number of methoxy groups -OCH3 is 1. The fourth-order valence-corrected chi connectivity index (χ4v) is 4.25. The highest BCUT2D eigenvalue weighted by molar-refractivity contribution is 5.39. The Bertz CT molecular complexity index is 643. The Morgan fingerprint density at radius 1 is 1.26 bits per heavy atom. The number of fused-ring (bicyclic) bond motifs is 1. The zero-order valence-electron chi connectivity index (χ0n) is 16.7. The number of aliphatic hydroxyl groups excluding tert-OH is 1. The highest BCUT2D eigenvalue weighted by Gasteiger charge is 2.50. The van der Waals surface area contributed by atoms with Gasteiger partial charge in [-0.3, -0.25) is 0 Å². The van der Waals surface area contributed by atoms with E-state index in [4.69, 9.17) is 14.2 Å². The van der Waals surface area contributed by atoms with Gasteiger partial charge in [-0.15, -0.1) is 0 Å². The second kappa shape index (κ2) is 9.09. The van der Waals surface area contributed by atoms with E-state index in [1.807, 2.05) is 24.3 Å². The molecule has 1 saturated carbocycles. The van der Waals surface area contributed by atoms with Crippen LogP contribution in [-0.2, 0) is 4.74 Å². The van der Waals surface area contributed by atoms with E-state index in [0.29, 0.717) is 44.2 Å². The van der Waals surface area contributed by atoms with Gasteiger partial charge in [0.2, 0.25) is 0 Å². The van der Waals surface area contributed by atoms with Crippen LogP contribution < -0.4 is 14.8 Å². The Kier molecular flexibility index (Phi) is 6.79. The van der Waals surface area contributed by atoms with Crippen LogP contribution in [0.2, 0.25) is 0 Å². The molecule has 3 aliphatic rings. The number of hydrogen-bond acceptors (Lipinski definition) is 5. The summed E-state index contributed by atoms with van der Waals surface area (Å²) in [6.07, 6.45) is 4.32. The molecule has 4 rings (SSSR count). The fourth-order valence-electron chi connectivity index (χ4n) is 4.25. The van der Waals surface area contributed by atoms with E-state index >= 15 is 0 Å². The molecule has 0 radical (unpaired) electrons. The highest BCUT2D eigenvalue weighted by Crippen LogP contribution is 2.59. The van der Waals surface area contributed by atoms with Crippen molar-refractivity contribution < 1.29 is 19.3 Å². The van der Waals surface area contributed by atoms with Crippen molar-refractivity contribution in [3.05, 3.63) is 35.9 Å². The summed E-state index contributed by atoms with van der Waals surface area (Å²) in [4.78, 5) is 0. The predicted molar refractivity (Wildman–Crippen MR) is 106 cm³/mol. The molecular formula is C22H33NO4. The Balaban J connectivity index is 1.26. The van der Waals surface area contributed by atoms with Crippen LogP contribution in [0, 0.1) is 17.3 Å². The first kappa shape index (κ1) is 20.2. The van der Waals surface area contributed by atoms with Crippen molar-refractivity contribution in [2.45, 2.75) is 32.8 Å². The average Bonchev–Trinajstić information content (AvgIpc) is 2.68. The number of rotatable bonds is 11. The van der Waals surface area contributed by atoms with Gasteiger partial charge in [-0.2, -0.15) is 0 Å². The van der Waals surface area contributed by atoms with Gasteiger partial charge in [-0.05, 0) is 47.8 Å². The first-order valence-corrected chi connectivity index (χ1v) is 9.93. The van der Waals surface area contributed by atoms with Gasteiger partial charge in [0, 0.05) is 13.1 Å². The summed E-state index contributed by atoms with van der Waals surface area (Å²) in [5.74, 6) is 2.97. The summed E-state index contributed by atoms with van der Waals surface area (Å²) in [6.45, 7) is 7.39. The van der Waals surface area contributed by atoms with Gasteiger partial charge in [-0.25, -0.2) is 0 Å². The minimum atomic E-state index is -0.511. The molecule has 0 amide bonds. The highest BCUT2D eigenvalue weighted by atomic mass is 16.5. The van der Waals surface area contributed by atoms with Crippen LogP contribution in [0.15, 0.2) is 35.9 Å². The van der Waals surface area contributed by atoms with Crippen molar-refractivity contribution in [3.8, 4) is 11.5 Å². The number of aliphatic hydroxyl groups is 1. The molecule has 3 aliphatic carbocycles. The maximum Gasteiger partial charge on any atom is 0.161 e. The molecule has 5 nitrogen and oxygen atoms in total. The summed E-state index contributed by atoms with van der Waals surface area (Å²) >= 11 is 0.